The molecular weight excluding hydrogens is 182 g/mol. The molecule has 0 rings (SSSR count). The Hall–Kier alpha value is -0.613. The van der Waals surface area contributed by atoms with E-state index < -0.39 is 9.76 Å². The van der Waals surface area contributed by atoms with Crippen LogP contribution in [0.15, 0.2) is 17.8 Å². The van der Waals surface area contributed by atoms with Gasteiger partial charge < -0.3 is 9.26 Å². The van der Waals surface area contributed by atoms with Gasteiger partial charge in [0.25, 0.3) is 0 Å². The molecule has 4 heteroatoms. The van der Waals surface area contributed by atoms with Gasteiger partial charge in [0, 0.05) is 0 Å². The zero-order valence-electron chi connectivity index (χ0n) is 8.75. The first-order valence-corrected chi connectivity index (χ1v) is 6.67. The Bertz CT molecular complexity index is 171. The van der Waals surface area contributed by atoms with Crippen molar-refractivity contribution in [3.63, 3.8) is 0 Å². The van der Waals surface area contributed by atoms with Crippen molar-refractivity contribution < 1.29 is 9.26 Å². The molecule has 0 aliphatic rings. The van der Waals surface area contributed by atoms with E-state index in [1.807, 2.05) is 13.5 Å². The minimum atomic E-state index is -0.466. The van der Waals surface area contributed by atoms with E-state index in [2.05, 4.69) is 18.7 Å². The topological polar surface area (TPSA) is 30.8 Å². The highest BCUT2D eigenvalue weighted by Gasteiger charge is 2.01. The van der Waals surface area contributed by atoms with Crippen LogP contribution in [0.3, 0.4) is 0 Å². The molecule has 0 aromatic heterocycles. The molecule has 0 saturated carbocycles. The Morgan fingerprint density at radius 2 is 2.38 bits per heavy atom. The molecule has 0 heterocycles. The summed E-state index contributed by atoms with van der Waals surface area (Å²) in [5, 5.41) is 3.95. The van der Waals surface area contributed by atoms with Gasteiger partial charge in [-0.1, -0.05) is 31.6 Å². The van der Waals surface area contributed by atoms with Gasteiger partial charge in [-0.05, 0) is 19.4 Å². The second kappa shape index (κ2) is 8.01. The van der Waals surface area contributed by atoms with Gasteiger partial charge in [0.05, 0.1) is 5.71 Å². The van der Waals surface area contributed by atoms with Crippen LogP contribution in [0.4, 0.5) is 0 Å². The van der Waals surface area contributed by atoms with Crippen molar-refractivity contribution in [3.8, 4) is 0 Å². The standard InChI is InChI=1S/C9H19NO2Si/c1-5-7-8(3)10-11-9(6-2)12-13-4/h6,9H,2,5,7,13H2,1,3-4H3. The van der Waals surface area contributed by atoms with Gasteiger partial charge in [-0.25, -0.2) is 0 Å². The average molecular weight is 201 g/mol. The van der Waals surface area contributed by atoms with Crippen LogP contribution in [0.1, 0.15) is 26.7 Å². The minimum Gasteiger partial charge on any atom is -0.386 e. The molecule has 0 fully saturated rings. The fraction of sp³-hybridized carbons (Fsp3) is 0.667. The normalized spacial score (nSPS) is 14.8. The molecule has 0 saturated heterocycles. The van der Waals surface area contributed by atoms with Crippen LogP contribution in [0.25, 0.3) is 0 Å². The van der Waals surface area contributed by atoms with Crippen LogP contribution in [0.5, 0.6) is 0 Å². The van der Waals surface area contributed by atoms with Crippen LogP contribution < -0.4 is 0 Å². The zero-order valence-corrected chi connectivity index (χ0v) is 10.2. The monoisotopic (exact) mass is 201 g/mol. The van der Waals surface area contributed by atoms with Crippen LogP contribution >= 0.6 is 0 Å². The van der Waals surface area contributed by atoms with Crippen molar-refractivity contribution in [2.24, 2.45) is 5.16 Å². The fourth-order valence-corrected chi connectivity index (χ4v) is 1.38. The largest absolute Gasteiger partial charge is 0.386 e. The Morgan fingerprint density at radius 3 is 2.85 bits per heavy atom. The first kappa shape index (κ1) is 12.4. The molecule has 0 N–H and O–H groups in total. The molecule has 0 aliphatic heterocycles. The predicted octanol–water partition coefficient (Wildman–Crippen LogP) is 1.84. The SMILES string of the molecule is C=CC(ON=C(C)CCC)O[SiH2]C. The summed E-state index contributed by atoms with van der Waals surface area (Å²) in [4.78, 5) is 5.13. The van der Waals surface area contributed by atoms with Crippen LogP contribution in [0.2, 0.25) is 6.55 Å². The molecule has 13 heavy (non-hydrogen) atoms. The molecule has 0 radical (unpaired) electrons. The van der Waals surface area contributed by atoms with E-state index in [0.29, 0.717) is 0 Å². The van der Waals surface area contributed by atoms with Gasteiger partial charge in [-0.3, -0.25) is 0 Å². The van der Waals surface area contributed by atoms with Crippen LogP contribution in [-0.2, 0) is 9.26 Å². The van der Waals surface area contributed by atoms with Crippen molar-refractivity contribution in [2.45, 2.75) is 39.5 Å². The maximum atomic E-state index is 5.31. The Labute approximate surface area is 82.7 Å². The van der Waals surface area contributed by atoms with E-state index >= 15 is 0 Å². The summed E-state index contributed by atoms with van der Waals surface area (Å²) >= 11 is 0. The highest BCUT2D eigenvalue weighted by Crippen LogP contribution is 1.98. The van der Waals surface area contributed by atoms with Crippen molar-refractivity contribution in [1.29, 1.82) is 0 Å². The zero-order chi connectivity index (χ0) is 10.1. The van der Waals surface area contributed by atoms with Crippen LogP contribution in [0, 0.1) is 0 Å². The lowest BCUT2D eigenvalue weighted by molar-refractivity contribution is -0.0424. The number of hydrogen-bond acceptors (Lipinski definition) is 3. The third kappa shape index (κ3) is 6.54. The Morgan fingerprint density at radius 1 is 1.69 bits per heavy atom. The number of nitrogens with zero attached hydrogens (tertiary/aromatic N) is 1. The van der Waals surface area contributed by atoms with E-state index in [0.717, 1.165) is 18.6 Å². The molecule has 1 atom stereocenters. The summed E-state index contributed by atoms with van der Waals surface area (Å²) in [6.45, 7) is 9.71. The predicted molar refractivity (Wildman–Crippen MR) is 58.6 cm³/mol. The van der Waals surface area contributed by atoms with Crippen molar-refractivity contribution in [3.05, 3.63) is 12.7 Å². The number of rotatable bonds is 7. The summed E-state index contributed by atoms with van der Waals surface area (Å²) in [7, 11) is -0.466. The highest BCUT2D eigenvalue weighted by molar-refractivity contribution is 6.24. The van der Waals surface area contributed by atoms with E-state index in [9.17, 15) is 0 Å². The maximum absolute atomic E-state index is 5.31. The molecule has 1 unspecified atom stereocenters. The van der Waals surface area contributed by atoms with E-state index in [4.69, 9.17) is 9.26 Å². The third-order valence-electron chi connectivity index (χ3n) is 1.45. The van der Waals surface area contributed by atoms with Gasteiger partial charge in [0.1, 0.15) is 0 Å². The molecule has 0 amide bonds. The number of oxime groups is 1. The third-order valence-corrected chi connectivity index (χ3v) is 2.11. The minimum absolute atomic E-state index is 0.358. The molecule has 76 valence electrons. The van der Waals surface area contributed by atoms with Gasteiger partial charge in [-0.15, -0.1) is 0 Å². The van der Waals surface area contributed by atoms with Gasteiger partial charge in [0.2, 0.25) is 6.29 Å². The van der Waals surface area contributed by atoms with E-state index in [1.54, 1.807) is 6.08 Å². The van der Waals surface area contributed by atoms with Crippen molar-refractivity contribution in [2.75, 3.05) is 0 Å². The smallest absolute Gasteiger partial charge is 0.236 e. The molecule has 0 aromatic carbocycles. The average Bonchev–Trinajstić information content (AvgIpc) is 2.12. The fourth-order valence-electron chi connectivity index (χ4n) is 0.855. The highest BCUT2D eigenvalue weighted by atomic mass is 28.2. The quantitative estimate of drug-likeness (QED) is 0.207. The lowest BCUT2D eigenvalue weighted by Gasteiger charge is -2.10. The van der Waals surface area contributed by atoms with Gasteiger partial charge in [0.15, 0.2) is 9.76 Å². The summed E-state index contributed by atoms with van der Waals surface area (Å²) in [6, 6.07) is 0. The van der Waals surface area contributed by atoms with Crippen molar-refractivity contribution >= 4 is 15.5 Å². The lowest BCUT2D eigenvalue weighted by Crippen LogP contribution is -2.13. The second-order valence-corrected chi connectivity index (χ2v) is 3.65. The summed E-state index contributed by atoms with van der Waals surface area (Å²) in [5.74, 6) is 0. The molecule has 3 nitrogen and oxygen atoms in total. The second-order valence-electron chi connectivity index (χ2n) is 2.74. The van der Waals surface area contributed by atoms with Gasteiger partial charge >= 0.3 is 0 Å². The van der Waals surface area contributed by atoms with Crippen molar-refractivity contribution in [1.82, 2.24) is 0 Å². The molecule has 0 aromatic rings. The summed E-state index contributed by atoms with van der Waals surface area (Å²) in [6.07, 6.45) is 3.32. The Balaban J connectivity index is 3.80. The lowest BCUT2D eigenvalue weighted by atomic mass is 10.2. The summed E-state index contributed by atoms with van der Waals surface area (Å²) < 4.78 is 5.31. The molecule has 0 spiro atoms. The first-order valence-electron chi connectivity index (χ1n) is 4.68. The molecule has 0 aliphatic carbocycles. The molecular formula is C9H19NO2Si. The van der Waals surface area contributed by atoms with Crippen LogP contribution in [-0.4, -0.2) is 21.8 Å². The van der Waals surface area contributed by atoms with Gasteiger partial charge in [-0.2, -0.15) is 0 Å². The Kier molecular flexibility index (Phi) is 7.63. The number of hydrogen-bond donors (Lipinski definition) is 0. The summed E-state index contributed by atoms with van der Waals surface area (Å²) in [5.41, 5.74) is 0.996. The maximum Gasteiger partial charge on any atom is 0.236 e. The van der Waals surface area contributed by atoms with E-state index in [-0.39, 0.29) is 6.29 Å². The van der Waals surface area contributed by atoms with E-state index in [1.165, 1.54) is 0 Å². The first-order chi connectivity index (χ1) is 6.24. The molecule has 0 bridgehead atoms.